The Labute approximate surface area is 198 Å². The van der Waals surface area contributed by atoms with E-state index < -0.39 is 22.2 Å². The summed E-state index contributed by atoms with van der Waals surface area (Å²) in [5, 5.41) is 11.4. The molecule has 2 aromatic heterocycles. The predicted octanol–water partition coefficient (Wildman–Crippen LogP) is 5.05. The number of carboxylic acids is 1. The first-order valence-corrected chi connectivity index (χ1v) is 11.8. The first kappa shape index (κ1) is 25.4. The number of fused-ring (bicyclic) bond motifs is 1. The van der Waals surface area contributed by atoms with Gasteiger partial charge in [0.15, 0.2) is 0 Å². The number of carbonyl (C=O) groups is 1. The second-order valence-corrected chi connectivity index (χ2v) is 8.91. The summed E-state index contributed by atoms with van der Waals surface area (Å²) >= 11 is 0. The molecule has 0 aliphatic carbocycles. The summed E-state index contributed by atoms with van der Waals surface area (Å²) in [4.78, 5) is 17.8. The Balaban J connectivity index is 0.000000429. The summed E-state index contributed by atoms with van der Waals surface area (Å²) in [6.07, 6.45) is -0.475. The summed E-state index contributed by atoms with van der Waals surface area (Å²) in [6, 6.07) is 20.7. The van der Waals surface area contributed by atoms with Crippen molar-refractivity contribution in [1.82, 2.24) is 9.97 Å². The molecule has 0 aliphatic rings. The molecular formula is C23H19F3N4O4S. The maximum Gasteiger partial charge on any atom is 0.490 e. The van der Waals surface area contributed by atoms with Gasteiger partial charge in [-0.25, -0.2) is 18.2 Å². The maximum absolute atomic E-state index is 11.7. The van der Waals surface area contributed by atoms with Crippen LogP contribution >= 0.6 is 0 Å². The van der Waals surface area contributed by atoms with Crippen LogP contribution in [0, 0.1) is 0 Å². The van der Waals surface area contributed by atoms with E-state index in [2.05, 4.69) is 20.0 Å². The normalized spacial score (nSPS) is 11.3. The minimum atomic E-state index is -5.08. The van der Waals surface area contributed by atoms with Crippen LogP contribution in [0.1, 0.15) is 0 Å². The maximum atomic E-state index is 11.7. The van der Waals surface area contributed by atoms with Gasteiger partial charge in [0, 0.05) is 34.6 Å². The van der Waals surface area contributed by atoms with E-state index in [0.717, 1.165) is 39.8 Å². The van der Waals surface area contributed by atoms with E-state index in [1.165, 1.54) is 0 Å². The van der Waals surface area contributed by atoms with Gasteiger partial charge in [-0.15, -0.1) is 0 Å². The third kappa shape index (κ3) is 7.14. The van der Waals surface area contributed by atoms with Gasteiger partial charge in [0.2, 0.25) is 10.0 Å². The van der Waals surface area contributed by atoms with Gasteiger partial charge in [-0.1, -0.05) is 30.3 Å². The monoisotopic (exact) mass is 504 g/mol. The molecule has 0 spiro atoms. The topological polar surface area (TPSA) is 121 Å². The van der Waals surface area contributed by atoms with Crippen LogP contribution in [-0.4, -0.2) is 41.9 Å². The Morgan fingerprint density at radius 1 is 0.943 bits per heavy atom. The van der Waals surface area contributed by atoms with Crippen LogP contribution in [0.2, 0.25) is 0 Å². The lowest BCUT2D eigenvalue weighted by molar-refractivity contribution is -0.192. The lowest BCUT2D eigenvalue weighted by atomic mass is 10.0. The summed E-state index contributed by atoms with van der Waals surface area (Å²) in [6.45, 7) is 0. The van der Waals surface area contributed by atoms with Crippen molar-refractivity contribution < 1.29 is 31.5 Å². The number of para-hydroxylation sites is 1. The third-order valence-corrected chi connectivity index (χ3v) is 5.02. The average Bonchev–Trinajstić information content (AvgIpc) is 2.79. The molecule has 3 N–H and O–H groups in total. The fraction of sp³-hybridized carbons (Fsp3) is 0.0870. The molecule has 0 aliphatic heterocycles. The molecule has 2 heterocycles. The van der Waals surface area contributed by atoms with Crippen molar-refractivity contribution in [3.05, 3.63) is 79.1 Å². The zero-order valence-electron chi connectivity index (χ0n) is 18.1. The predicted molar refractivity (Wildman–Crippen MR) is 127 cm³/mol. The largest absolute Gasteiger partial charge is 0.490 e. The van der Waals surface area contributed by atoms with Gasteiger partial charge >= 0.3 is 12.1 Å². The minimum absolute atomic E-state index is 0.515. The highest BCUT2D eigenvalue weighted by molar-refractivity contribution is 7.92. The van der Waals surface area contributed by atoms with Crippen LogP contribution in [-0.2, 0) is 14.8 Å². The highest BCUT2D eigenvalue weighted by atomic mass is 32.2. The summed E-state index contributed by atoms with van der Waals surface area (Å²) < 4.78 is 57.7. The number of pyridine rings is 2. The molecule has 0 amide bonds. The van der Waals surface area contributed by atoms with E-state index in [9.17, 15) is 21.6 Å². The van der Waals surface area contributed by atoms with E-state index in [1.807, 2.05) is 54.6 Å². The molecule has 8 nitrogen and oxygen atoms in total. The van der Waals surface area contributed by atoms with E-state index in [-0.39, 0.29) is 0 Å². The molecule has 0 saturated heterocycles. The molecule has 0 bridgehead atoms. The second-order valence-electron chi connectivity index (χ2n) is 7.16. The molecule has 0 saturated carbocycles. The minimum Gasteiger partial charge on any atom is -0.475 e. The standard InChI is InChI=1S/C21H18N4O2S.C2HF3O2/c1-28(26,27)25-20-8-3-2-7-16(20)15-13-17-18(23-14-15)9-6-10-19(17)24-21-11-4-5-12-22-21;3-2(4,5)1(6)7/h2-14,25H,1H3,(H,22,24);(H,6,7). The molecule has 35 heavy (non-hydrogen) atoms. The van der Waals surface area contributed by atoms with Crippen molar-refractivity contribution in [2.75, 3.05) is 16.3 Å². The highest BCUT2D eigenvalue weighted by Gasteiger charge is 2.38. The number of rotatable bonds is 5. The number of benzene rings is 2. The zero-order valence-corrected chi connectivity index (χ0v) is 18.9. The van der Waals surface area contributed by atoms with Crippen molar-refractivity contribution >= 4 is 44.1 Å². The number of hydrogen-bond acceptors (Lipinski definition) is 6. The molecule has 4 rings (SSSR count). The molecule has 0 radical (unpaired) electrons. The van der Waals surface area contributed by atoms with Crippen LogP contribution in [0.25, 0.3) is 22.0 Å². The lowest BCUT2D eigenvalue weighted by Gasteiger charge is -2.13. The zero-order chi connectivity index (χ0) is 25.6. The third-order valence-electron chi connectivity index (χ3n) is 4.43. The van der Waals surface area contributed by atoms with E-state index in [0.29, 0.717) is 5.69 Å². The van der Waals surface area contributed by atoms with Crippen molar-refractivity contribution in [3.63, 3.8) is 0 Å². The van der Waals surface area contributed by atoms with Crippen molar-refractivity contribution in [2.45, 2.75) is 6.18 Å². The van der Waals surface area contributed by atoms with Gasteiger partial charge in [-0.3, -0.25) is 9.71 Å². The van der Waals surface area contributed by atoms with Gasteiger partial charge in [0.1, 0.15) is 5.82 Å². The Morgan fingerprint density at radius 2 is 1.60 bits per heavy atom. The van der Waals surface area contributed by atoms with Crippen LogP contribution in [0.4, 0.5) is 30.4 Å². The van der Waals surface area contributed by atoms with E-state index in [4.69, 9.17) is 9.90 Å². The summed E-state index contributed by atoms with van der Waals surface area (Å²) in [7, 11) is -3.39. The number of anilines is 3. The molecule has 182 valence electrons. The van der Waals surface area contributed by atoms with Gasteiger partial charge in [-0.05, 0) is 36.4 Å². The van der Waals surface area contributed by atoms with E-state index >= 15 is 0 Å². The molecular weight excluding hydrogens is 485 g/mol. The highest BCUT2D eigenvalue weighted by Crippen LogP contribution is 2.32. The first-order valence-electron chi connectivity index (χ1n) is 9.88. The van der Waals surface area contributed by atoms with Crippen molar-refractivity contribution in [3.8, 4) is 11.1 Å². The van der Waals surface area contributed by atoms with Gasteiger partial charge in [-0.2, -0.15) is 13.2 Å². The molecule has 4 aromatic rings. The van der Waals surface area contributed by atoms with Crippen LogP contribution in [0.5, 0.6) is 0 Å². The Bertz CT molecular complexity index is 1450. The summed E-state index contributed by atoms with van der Waals surface area (Å²) in [5.41, 5.74) is 3.79. The van der Waals surface area contributed by atoms with Crippen LogP contribution < -0.4 is 10.0 Å². The van der Waals surface area contributed by atoms with Crippen LogP contribution in [0.15, 0.2) is 79.1 Å². The van der Waals surface area contributed by atoms with Crippen molar-refractivity contribution in [1.29, 1.82) is 0 Å². The number of alkyl halides is 3. The van der Waals surface area contributed by atoms with Gasteiger partial charge < -0.3 is 10.4 Å². The molecule has 0 atom stereocenters. The number of carboxylic acid groups (broad SMARTS) is 1. The summed E-state index contributed by atoms with van der Waals surface area (Å²) in [5.74, 6) is -2.02. The first-order chi connectivity index (χ1) is 16.4. The Hall–Kier alpha value is -4.19. The number of nitrogens with one attached hydrogen (secondary N) is 2. The average molecular weight is 504 g/mol. The Kier molecular flexibility index (Phi) is 7.55. The molecule has 0 fully saturated rings. The number of sulfonamides is 1. The van der Waals surface area contributed by atoms with Crippen molar-refractivity contribution in [2.24, 2.45) is 0 Å². The molecule has 12 heteroatoms. The lowest BCUT2D eigenvalue weighted by Crippen LogP contribution is -2.21. The Morgan fingerprint density at radius 3 is 2.23 bits per heavy atom. The fourth-order valence-corrected chi connectivity index (χ4v) is 3.58. The van der Waals surface area contributed by atoms with Gasteiger partial charge in [0.05, 0.1) is 17.5 Å². The number of hydrogen-bond donors (Lipinski definition) is 3. The number of halogens is 3. The van der Waals surface area contributed by atoms with Crippen LogP contribution in [0.3, 0.4) is 0 Å². The molecule has 2 aromatic carbocycles. The SMILES string of the molecule is CS(=O)(=O)Nc1ccccc1-c1cnc2cccc(Nc3ccccn3)c2c1.O=C(O)C(F)(F)F. The van der Waals surface area contributed by atoms with E-state index in [1.54, 1.807) is 24.5 Å². The smallest absolute Gasteiger partial charge is 0.475 e. The second kappa shape index (κ2) is 10.4. The fourth-order valence-electron chi connectivity index (χ4n) is 3.00. The molecule has 0 unspecified atom stereocenters. The van der Waals surface area contributed by atoms with Gasteiger partial charge in [0.25, 0.3) is 0 Å². The number of nitrogens with zero attached hydrogens (tertiary/aromatic N) is 2. The quantitative estimate of drug-likeness (QED) is 0.348. The number of aromatic nitrogens is 2. The number of aliphatic carboxylic acids is 1.